The van der Waals surface area contributed by atoms with Gasteiger partial charge in [0.25, 0.3) is 0 Å². The summed E-state index contributed by atoms with van der Waals surface area (Å²) in [6.45, 7) is 13.5. The Morgan fingerprint density at radius 1 is 1.22 bits per heavy atom. The minimum Gasteiger partial charge on any atom is -0.412 e. The highest BCUT2D eigenvalue weighted by atomic mass is 28.4. The molecule has 1 aliphatic rings. The Kier molecular flexibility index (Phi) is 8.01. The first-order valence-electron chi connectivity index (χ1n) is 6.23. The van der Waals surface area contributed by atoms with Gasteiger partial charge in [-0.15, -0.1) is 5.50 Å². The summed E-state index contributed by atoms with van der Waals surface area (Å²) in [5.74, 6) is 0. The highest BCUT2D eigenvalue weighted by Crippen LogP contribution is 2.27. The lowest BCUT2D eigenvalue weighted by Crippen LogP contribution is -2.27. The van der Waals surface area contributed by atoms with E-state index in [1.807, 2.05) is 0 Å². The van der Waals surface area contributed by atoms with Gasteiger partial charge in [-0.2, -0.15) is 0 Å². The van der Waals surface area contributed by atoms with E-state index in [1.165, 1.54) is 0 Å². The molecule has 0 aromatic heterocycles. The van der Waals surface area contributed by atoms with E-state index in [2.05, 4.69) is 44.8 Å². The van der Waals surface area contributed by atoms with Crippen LogP contribution in [0.15, 0.2) is 0 Å². The topological polar surface area (TPSA) is 38.7 Å². The molecule has 0 bridgehead atoms. The molecule has 1 rings (SSSR count). The first kappa shape index (κ1) is 18.4. The van der Waals surface area contributed by atoms with Crippen molar-refractivity contribution in [1.82, 2.24) is 0 Å². The van der Waals surface area contributed by atoms with E-state index in [0.717, 1.165) is 6.42 Å². The van der Waals surface area contributed by atoms with E-state index in [-0.39, 0.29) is 12.2 Å². The fourth-order valence-corrected chi connectivity index (χ4v) is 3.00. The van der Waals surface area contributed by atoms with Crippen LogP contribution in [0.2, 0.25) is 39.3 Å². The Morgan fingerprint density at radius 3 is 1.94 bits per heavy atom. The number of aliphatic hydroxyl groups is 1. The molecule has 2 radical (unpaired) electrons. The predicted molar refractivity (Wildman–Crippen MR) is 83.5 cm³/mol. The van der Waals surface area contributed by atoms with Crippen molar-refractivity contribution in [2.24, 2.45) is 0 Å². The van der Waals surface area contributed by atoms with Gasteiger partial charge < -0.3 is 14.0 Å². The summed E-state index contributed by atoms with van der Waals surface area (Å²) in [6.07, 6.45) is 0.873. The molecule has 0 aliphatic heterocycles. The predicted octanol–water partition coefficient (Wildman–Crippen LogP) is 1.56. The minimum atomic E-state index is -1.36. The Morgan fingerprint density at radius 2 is 1.72 bits per heavy atom. The van der Waals surface area contributed by atoms with Gasteiger partial charge >= 0.3 is 0 Å². The molecule has 0 spiro atoms. The minimum absolute atomic E-state index is 0.156. The SMILES string of the molecule is C[Si](C)(C)OC1CC1O.[B][Si]#CCO[Si](C)(C)C. The molecule has 7 heteroatoms. The molecule has 2 unspecified atom stereocenters. The van der Waals surface area contributed by atoms with Crippen LogP contribution in [0.1, 0.15) is 6.42 Å². The van der Waals surface area contributed by atoms with Crippen LogP contribution in [0, 0.1) is 5.50 Å². The normalized spacial score (nSPS) is 22.4. The second-order valence-electron chi connectivity index (χ2n) is 6.29. The van der Waals surface area contributed by atoms with Crippen molar-refractivity contribution in [1.29, 1.82) is 0 Å². The van der Waals surface area contributed by atoms with E-state index in [4.69, 9.17) is 21.4 Å². The maximum Gasteiger partial charge on any atom is 0.185 e. The quantitative estimate of drug-likeness (QED) is 0.801. The number of aliphatic hydroxyl groups excluding tert-OH is 1. The lowest BCUT2D eigenvalue weighted by atomic mass is 10.8. The van der Waals surface area contributed by atoms with Gasteiger partial charge in [0.1, 0.15) is 7.44 Å². The molecular formula is C11H25BO3Si3. The van der Waals surface area contributed by atoms with Gasteiger partial charge in [0.15, 0.2) is 16.6 Å². The molecule has 1 aliphatic carbocycles. The van der Waals surface area contributed by atoms with E-state index in [1.54, 1.807) is 0 Å². The van der Waals surface area contributed by atoms with Crippen LogP contribution in [0.3, 0.4) is 0 Å². The Bertz CT molecular complexity index is 301. The van der Waals surface area contributed by atoms with Gasteiger partial charge in [-0.1, -0.05) is 8.83 Å². The van der Waals surface area contributed by atoms with Crippen LogP contribution in [-0.2, 0) is 8.85 Å². The van der Waals surface area contributed by atoms with Crippen molar-refractivity contribution in [2.45, 2.75) is 57.9 Å². The molecule has 0 aromatic carbocycles. The van der Waals surface area contributed by atoms with Crippen molar-refractivity contribution in [3.8, 4) is 5.50 Å². The van der Waals surface area contributed by atoms with Gasteiger partial charge in [-0.25, -0.2) is 0 Å². The molecule has 0 heterocycles. The van der Waals surface area contributed by atoms with Gasteiger partial charge in [0.05, 0.1) is 18.8 Å². The molecule has 3 nitrogen and oxygen atoms in total. The summed E-state index contributed by atoms with van der Waals surface area (Å²) in [6, 6.07) is 0. The van der Waals surface area contributed by atoms with Crippen LogP contribution >= 0.6 is 0 Å². The zero-order valence-electron chi connectivity index (χ0n) is 12.4. The molecule has 0 amide bonds. The van der Waals surface area contributed by atoms with Crippen molar-refractivity contribution in [3.05, 3.63) is 0 Å². The number of hydrogen-bond donors (Lipinski definition) is 1. The zero-order valence-corrected chi connectivity index (χ0v) is 15.4. The summed E-state index contributed by atoms with van der Waals surface area (Å²) >= 11 is 0. The Balaban J connectivity index is 0.000000321. The number of hydrogen-bond acceptors (Lipinski definition) is 3. The number of rotatable bonds is 4. The zero-order chi connectivity index (χ0) is 14.4. The van der Waals surface area contributed by atoms with Gasteiger partial charge in [0, 0.05) is 6.42 Å². The molecule has 1 fully saturated rings. The molecule has 1 N–H and O–H groups in total. The van der Waals surface area contributed by atoms with Crippen LogP contribution in [0.5, 0.6) is 0 Å². The molecule has 18 heavy (non-hydrogen) atoms. The monoisotopic (exact) mass is 300 g/mol. The first-order valence-corrected chi connectivity index (χ1v) is 14.1. The summed E-state index contributed by atoms with van der Waals surface area (Å²) in [7, 11) is 2.83. The summed E-state index contributed by atoms with van der Waals surface area (Å²) < 4.78 is 11.0. The highest BCUT2D eigenvalue weighted by molar-refractivity contribution is 6.82. The molecule has 2 atom stereocenters. The molecule has 0 aromatic rings. The van der Waals surface area contributed by atoms with Gasteiger partial charge in [-0.3, -0.25) is 0 Å². The summed E-state index contributed by atoms with van der Waals surface area (Å²) in [5.41, 5.74) is 2.92. The third-order valence-electron chi connectivity index (χ3n) is 1.88. The van der Waals surface area contributed by atoms with Gasteiger partial charge in [-0.05, 0) is 39.3 Å². The van der Waals surface area contributed by atoms with E-state index in [9.17, 15) is 0 Å². The van der Waals surface area contributed by atoms with Crippen molar-refractivity contribution >= 4 is 32.9 Å². The van der Waals surface area contributed by atoms with Crippen LogP contribution in [0.25, 0.3) is 0 Å². The third-order valence-corrected chi connectivity index (χ3v) is 4.25. The molecular weight excluding hydrogens is 275 g/mol. The van der Waals surface area contributed by atoms with Gasteiger partial charge in [0.2, 0.25) is 0 Å². The lowest BCUT2D eigenvalue weighted by molar-refractivity contribution is 0.190. The lowest BCUT2D eigenvalue weighted by Gasteiger charge is -2.15. The second kappa shape index (κ2) is 7.84. The third kappa shape index (κ3) is 12.8. The maximum absolute atomic E-state index is 8.89. The Hall–Kier alpha value is 0.376. The largest absolute Gasteiger partial charge is 0.412 e. The highest BCUT2D eigenvalue weighted by Gasteiger charge is 2.39. The van der Waals surface area contributed by atoms with Crippen LogP contribution in [0.4, 0.5) is 0 Å². The molecule has 102 valence electrons. The van der Waals surface area contributed by atoms with Crippen LogP contribution in [-0.4, -0.2) is 56.8 Å². The first-order chi connectivity index (χ1) is 8.05. The van der Waals surface area contributed by atoms with E-state index in [0.29, 0.717) is 15.4 Å². The van der Waals surface area contributed by atoms with Crippen molar-refractivity contribution in [2.75, 3.05) is 6.61 Å². The van der Waals surface area contributed by atoms with Crippen molar-refractivity contribution in [3.63, 3.8) is 0 Å². The van der Waals surface area contributed by atoms with Crippen molar-refractivity contribution < 1.29 is 14.0 Å². The Labute approximate surface area is 117 Å². The fraction of sp³-hybridized carbons (Fsp3) is 0.909. The summed E-state index contributed by atoms with van der Waals surface area (Å²) in [5, 5.41) is 8.89. The van der Waals surface area contributed by atoms with Crippen LogP contribution < -0.4 is 0 Å². The molecule has 0 saturated heterocycles. The average Bonchev–Trinajstić information content (AvgIpc) is 2.77. The second-order valence-corrected chi connectivity index (χ2v) is 15.9. The standard InChI is InChI=1S/C6H14O2Si.C5H11BOSi2/c1-9(2,3)8-6-4-5(6)7;1-9(2,3)7-4-5-8-6/h5-7H,4H2,1-3H3;4H2,1-3H3. The van der Waals surface area contributed by atoms with E-state index < -0.39 is 16.6 Å². The maximum atomic E-state index is 8.89. The average molecular weight is 300 g/mol. The molecule has 1 saturated carbocycles. The van der Waals surface area contributed by atoms with E-state index >= 15 is 0 Å². The summed E-state index contributed by atoms with van der Waals surface area (Å²) in [4.78, 5) is 0. The fourth-order valence-electron chi connectivity index (χ4n) is 1.03. The smallest absolute Gasteiger partial charge is 0.185 e.